The summed E-state index contributed by atoms with van der Waals surface area (Å²) in [6.07, 6.45) is 3.58. The molecule has 1 aromatic carbocycles. The Hall–Kier alpha value is -0.800. The number of hydrogen-bond donors (Lipinski definition) is 1. The molecule has 0 radical (unpaired) electrons. The maximum atomic E-state index is 13.8. The van der Waals surface area contributed by atoms with E-state index in [1.54, 1.807) is 0 Å². The Balaban J connectivity index is 2.54. The van der Waals surface area contributed by atoms with E-state index >= 15 is 0 Å². The van der Waals surface area contributed by atoms with Gasteiger partial charge in [-0.05, 0) is 25.0 Å². The zero-order chi connectivity index (χ0) is 11.8. The van der Waals surface area contributed by atoms with Gasteiger partial charge in [-0.3, -0.25) is 0 Å². The van der Waals surface area contributed by atoms with Crippen LogP contribution in [-0.4, -0.2) is 7.11 Å². The summed E-state index contributed by atoms with van der Waals surface area (Å²) < 4.78 is 18.9. The first-order chi connectivity index (χ1) is 7.58. The van der Waals surface area contributed by atoms with Gasteiger partial charge < -0.3 is 10.5 Å². The van der Waals surface area contributed by atoms with Crippen molar-refractivity contribution in [3.05, 3.63) is 28.5 Å². The van der Waals surface area contributed by atoms with E-state index in [0.717, 1.165) is 25.7 Å². The molecule has 2 nitrogen and oxygen atoms in total. The normalized spacial score (nSPS) is 18.8. The van der Waals surface area contributed by atoms with Gasteiger partial charge in [0, 0.05) is 11.1 Å². The number of rotatable bonds is 2. The van der Waals surface area contributed by atoms with Crippen molar-refractivity contribution in [1.29, 1.82) is 0 Å². The van der Waals surface area contributed by atoms with Gasteiger partial charge >= 0.3 is 0 Å². The van der Waals surface area contributed by atoms with E-state index in [1.165, 1.54) is 19.2 Å². The summed E-state index contributed by atoms with van der Waals surface area (Å²) >= 11 is 6.14. The van der Waals surface area contributed by atoms with Gasteiger partial charge in [0.25, 0.3) is 0 Å². The fourth-order valence-electron chi connectivity index (χ4n) is 2.40. The third-order valence-corrected chi connectivity index (χ3v) is 3.64. The maximum Gasteiger partial charge on any atom is 0.138 e. The van der Waals surface area contributed by atoms with Crippen LogP contribution in [0.5, 0.6) is 5.75 Å². The van der Waals surface area contributed by atoms with Crippen molar-refractivity contribution in [3.63, 3.8) is 0 Å². The van der Waals surface area contributed by atoms with Crippen LogP contribution in [0.3, 0.4) is 0 Å². The largest absolute Gasteiger partial charge is 0.495 e. The first-order valence-electron chi connectivity index (χ1n) is 5.40. The topological polar surface area (TPSA) is 35.2 Å². The fourth-order valence-corrected chi connectivity index (χ4v) is 2.82. The molecule has 1 aliphatic carbocycles. The third kappa shape index (κ3) is 1.78. The van der Waals surface area contributed by atoms with E-state index in [1.807, 2.05) is 0 Å². The fraction of sp³-hybridized carbons (Fsp3) is 0.500. The second-order valence-electron chi connectivity index (χ2n) is 4.30. The lowest BCUT2D eigenvalue weighted by Crippen LogP contribution is -2.34. The van der Waals surface area contributed by atoms with E-state index in [-0.39, 0.29) is 5.82 Å². The van der Waals surface area contributed by atoms with Gasteiger partial charge in [0.15, 0.2) is 0 Å². The Labute approximate surface area is 99.5 Å². The molecule has 0 unspecified atom stereocenters. The van der Waals surface area contributed by atoms with Crippen molar-refractivity contribution >= 4 is 11.6 Å². The van der Waals surface area contributed by atoms with E-state index in [2.05, 4.69) is 0 Å². The van der Waals surface area contributed by atoms with Crippen molar-refractivity contribution in [3.8, 4) is 5.75 Å². The zero-order valence-corrected chi connectivity index (χ0v) is 9.98. The van der Waals surface area contributed by atoms with Gasteiger partial charge in [-0.1, -0.05) is 24.4 Å². The summed E-state index contributed by atoms with van der Waals surface area (Å²) in [7, 11) is 1.51. The highest BCUT2D eigenvalue weighted by molar-refractivity contribution is 6.33. The highest BCUT2D eigenvalue weighted by atomic mass is 35.5. The average Bonchev–Trinajstić information content (AvgIpc) is 2.66. The predicted octanol–water partition coefficient (Wildman–Crippen LogP) is 3.22. The first-order valence-corrected chi connectivity index (χ1v) is 5.77. The Morgan fingerprint density at radius 1 is 1.38 bits per heavy atom. The van der Waals surface area contributed by atoms with Gasteiger partial charge in [-0.2, -0.15) is 0 Å². The molecule has 0 atom stereocenters. The van der Waals surface area contributed by atoms with Gasteiger partial charge in [-0.15, -0.1) is 0 Å². The summed E-state index contributed by atoms with van der Waals surface area (Å²) in [5.74, 6) is 0.144. The smallest absolute Gasteiger partial charge is 0.138 e. The lowest BCUT2D eigenvalue weighted by atomic mass is 9.88. The average molecular weight is 244 g/mol. The van der Waals surface area contributed by atoms with Crippen LogP contribution in [-0.2, 0) is 5.54 Å². The molecule has 0 bridgehead atoms. The molecule has 16 heavy (non-hydrogen) atoms. The Morgan fingerprint density at radius 2 is 2.00 bits per heavy atom. The van der Waals surface area contributed by atoms with Crippen molar-refractivity contribution in [2.75, 3.05) is 7.11 Å². The van der Waals surface area contributed by atoms with E-state index in [4.69, 9.17) is 22.1 Å². The molecule has 2 rings (SSSR count). The Bertz CT molecular complexity index is 402. The number of methoxy groups -OCH3 is 1. The molecule has 1 fully saturated rings. The van der Waals surface area contributed by atoms with Crippen molar-refractivity contribution in [2.45, 2.75) is 31.2 Å². The molecule has 0 aliphatic heterocycles. The lowest BCUT2D eigenvalue weighted by Gasteiger charge is -2.26. The molecule has 1 saturated carbocycles. The number of ether oxygens (including phenoxy) is 1. The molecule has 1 aromatic rings. The van der Waals surface area contributed by atoms with Crippen molar-refractivity contribution < 1.29 is 9.13 Å². The van der Waals surface area contributed by atoms with Gasteiger partial charge in [0.1, 0.15) is 11.6 Å². The Kier molecular flexibility index (Phi) is 3.08. The summed E-state index contributed by atoms with van der Waals surface area (Å²) in [5.41, 5.74) is 6.00. The minimum Gasteiger partial charge on any atom is -0.495 e. The van der Waals surface area contributed by atoms with Gasteiger partial charge in [0.05, 0.1) is 12.1 Å². The number of halogens is 2. The molecule has 0 saturated heterocycles. The molecular formula is C12H15ClFNO. The molecule has 88 valence electrons. The highest BCUT2D eigenvalue weighted by Gasteiger charge is 2.36. The third-order valence-electron chi connectivity index (χ3n) is 3.27. The summed E-state index contributed by atoms with van der Waals surface area (Å²) in [4.78, 5) is 0. The van der Waals surface area contributed by atoms with Crippen molar-refractivity contribution in [1.82, 2.24) is 0 Å². The summed E-state index contributed by atoms with van der Waals surface area (Å²) in [5, 5.41) is 0.312. The van der Waals surface area contributed by atoms with Crippen LogP contribution < -0.4 is 10.5 Å². The molecule has 0 spiro atoms. The summed E-state index contributed by atoms with van der Waals surface area (Å²) in [6, 6.07) is 2.90. The van der Waals surface area contributed by atoms with Gasteiger partial charge in [-0.25, -0.2) is 4.39 Å². The number of nitrogens with two attached hydrogens (primary N) is 1. The SMILES string of the molecule is COc1ccc(F)c(C2(N)CCCC2)c1Cl. The van der Waals surface area contributed by atoms with Crippen LogP contribution in [0.2, 0.25) is 5.02 Å². The van der Waals surface area contributed by atoms with Gasteiger partial charge in [0.2, 0.25) is 0 Å². The lowest BCUT2D eigenvalue weighted by molar-refractivity contribution is 0.400. The molecule has 0 amide bonds. The minimum atomic E-state index is -0.629. The van der Waals surface area contributed by atoms with Crippen LogP contribution in [0.25, 0.3) is 0 Å². The standard InChI is InChI=1S/C12H15ClFNO/c1-16-9-5-4-8(14)10(11(9)13)12(15)6-2-3-7-12/h4-5H,2-3,6-7,15H2,1H3. The van der Waals surface area contributed by atoms with E-state index < -0.39 is 5.54 Å². The first kappa shape index (κ1) is 11.7. The zero-order valence-electron chi connectivity index (χ0n) is 9.22. The highest BCUT2D eigenvalue weighted by Crippen LogP contribution is 2.43. The molecule has 2 N–H and O–H groups in total. The van der Waals surface area contributed by atoms with E-state index in [0.29, 0.717) is 16.3 Å². The second-order valence-corrected chi connectivity index (χ2v) is 4.68. The quantitative estimate of drug-likeness (QED) is 0.866. The molecule has 1 aliphatic rings. The van der Waals surface area contributed by atoms with Crippen LogP contribution in [0.4, 0.5) is 4.39 Å². The van der Waals surface area contributed by atoms with Crippen LogP contribution in [0.15, 0.2) is 12.1 Å². The predicted molar refractivity (Wildman–Crippen MR) is 62.3 cm³/mol. The van der Waals surface area contributed by atoms with E-state index in [9.17, 15) is 4.39 Å². The van der Waals surface area contributed by atoms with Crippen molar-refractivity contribution in [2.24, 2.45) is 5.73 Å². The molecule has 0 heterocycles. The second kappa shape index (κ2) is 4.22. The van der Waals surface area contributed by atoms with Crippen LogP contribution in [0, 0.1) is 5.82 Å². The Morgan fingerprint density at radius 3 is 2.56 bits per heavy atom. The molecule has 4 heteroatoms. The van der Waals surface area contributed by atoms with Crippen LogP contribution in [0.1, 0.15) is 31.2 Å². The molecule has 0 aromatic heterocycles. The number of hydrogen-bond acceptors (Lipinski definition) is 2. The minimum absolute atomic E-state index is 0.312. The van der Waals surface area contributed by atoms with Crippen LogP contribution >= 0.6 is 11.6 Å². The number of benzene rings is 1. The maximum absolute atomic E-state index is 13.8. The summed E-state index contributed by atoms with van der Waals surface area (Å²) in [6.45, 7) is 0. The molecular weight excluding hydrogens is 229 g/mol. The monoisotopic (exact) mass is 243 g/mol.